The third-order valence-corrected chi connectivity index (χ3v) is 21.0. The zero-order valence-corrected chi connectivity index (χ0v) is 51.8. The van der Waals surface area contributed by atoms with Crippen molar-refractivity contribution in [1.29, 1.82) is 0 Å². The number of hydrogen-bond acceptors (Lipinski definition) is 6. The minimum absolute atomic E-state index is 0.0784. The van der Waals surface area contributed by atoms with Crippen molar-refractivity contribution in [1.82, 2.24) is 4.98 Å². The van der Waals surface area contributed by atoms with Gasteiger partial charge in [0.25, 0.3) is 0 Å². The first-order valence-corrected chi connectivity index (χ1v) is 33.2. The van der Waals surface area contributed by atoms with Crippen LogP contribution in [0, 0.1) is 0 Å². The first-order chi connectivity index (χ1) is 45.7. The van der Waals surface area contributed by atoms with Crippen LogP contribution in [0.15, 0.2) is 340 Å². The maximum atomic E-state index is 5.22. The molecule has 13 aromatic carbocycles. The Morgan fingerprint density at radius 3 is 1.24 bits per heavy atom. The summed E-state index contributed by atoms with van der Waals surface area (Å²) in [4.78, 5) is 17.8. The van der Waals surface area contributed by atoms with Crippen molar-refractivity contribution in [2.75, 3.05) is 24.5 Å². The number of para-hydroxylation sites is 9. The number of hydrogen-bond donors (Lipinski definition) is 0. The van der Waals surface area contributed by atoms with E-state index in [1.807, 2.05) is 12.3 Å². The van der Waals surface area contributed by atoms with Gasteiger partial charge >= 0.3 is 547 Å². The summed E-state index contributed by atoms with van der Waals surface area (Å²) < 4.78 is 2.72. The number of rotatable bonds is 11. The van der Waals surface area contributed by atoms with Gasteiger partial charge in [0, 0.05) is 0 Å². The van der Waals surface area contributed by atoms with Crippen LogP contribution in [0.25, 0.3) is 22.4 Å². The maximum absolute atomic E-state index is 5.22. The summed E-state index contributed by atoms with van der Waals surface area (Å²) in [5, 5.41) is 0. The van der Waals surface area contributed by atoms with Crippen LogP contribution in [-0.4, -0.2) is 33.4 Å². The van der Waals surface area contributed by atoms with E-state index in [1.165, 1.54) is 53.1 Å². The van der Waals surface area contributed by atoms with Crippen LogP contribution in [0.3, 0.4) is 0 Å². The SMILES string of the molecule is c1ccc(-c2cccc(-c3ccccn3)c2N2c3cc4c(cc3B3c5ccccc5N(c5ccccc5)c5cc(N(c6ccccc6)c6ccccc6)cc2c53)B2c3ccccc3N(c3ccccc3)c3cc(N(c5ccccc5)c5ccccc5)cc(c32)[Se]4)cc1. The average Bonchev–Trinajstić information content (AvgIpc) is 0.690. The second-order valence-electron chi connectivity index (χ2n) is 23.8. The number of fused-ring (bicyclic) bond motifs is 8. The molecule has 0 amide bonds. The molecular formula is C83H56B2N6Se. The summed E-state index contributed by atoms with van der Waals surface area (Å²) >= 11 is -0.192. The first-order valence-electron chi connectivity index (χ1n) is 31.5. The van der Waals surface area contributed by atoms with Gasteiger partial charge in [-0.2, -0.15) is 0 Å². The molecule has 5 heterocycles. The van der Waals surface area contributed by atoms with Crippen molar-refractivity contribution in [3.8, 4) is 22.4 Å². The fraction of sp³-hybridized carbons (Fsp3) is 0. The number of nitrogens with zero attached hydrogens (tertiary/aromatic N) is 6. The molecule has 0 atom stereocenters. The molecule has 14 aromatic rings. The second kappa shape index (κ2) is 22.3. The zero-order valence-electron chi connectivity index (χ0n) is 50.1. The molecule has 0 unspecified atom stereocenters. The van der Waals surface area contributed by atoms with E-state index >= 15 is 0 Å². The van der Waals surface area contributed by atoms with Crippen LogP contribution in [-0.2, 0) is 0 Å². The predicted octanol–water partition coefficient (Wildman–Crippen LogP) is 15.7. The number of pyridine rings is 1. The quantitative estimate of drug-likeness (QED) is 0.120. The number of anilines is 15. The van der Waals surface area contributed by atoms with Crippen LogP contribution in [0.2, 0.25) is 0 Å². The molecule has 18 rings (SSSR count). The van der Waals surface area contributed by atoms with Gasteiger partial charge in [0.15, 0.2) is 0 Å². The molecule has 0 bridgehead atoms. The topological polar surface area (TPSA) is 29.1 Å². The number of aromatic nitrogens is 1. The molecule has 4 aliphatic heterocycles. The van der Waals surface area contributed by atoms with Gasteiger partial charge in [-0.3, -0.25) is 0 Å². The Kier molecular flexibility index (Phi) is 13.0. The first kappa shape index (κ1) is 53.7. The van der Waals surface area contributed by atoms with E-state index < -0.39 is 0 Å². The van der Waals surface area contributed by atoms with Gasteiger partial charge in [-0.15, -0.1) is 0 Å². The van der Waals surface area contributed by atoms with Gasteiger partial charge in [0.1, 0.15) is 0 Å². The predicted molar refractivity (Wildman–Crippen MR) is 389 cm³/mol. The molecule has 4 aliphatic rings. The van der Waals surface area contributed by atoms with Crippen molar-refractivity contribution in [2.45, 2.75) is 0 Å². The molecule has 0 spiro atoms. The second-order valence-corrected chi connectivity index (χ2v) is 26.1. The monoisotopic (exact) mass is 1240 g/mol. The van der Waals surface area contributed by atoms with Crippen LogP contribution in [0.5, 0.6) is 0 Å². The van der Waals surface area contributed by atoms with Crippen molar-refractivity contribution in [3.05, 3.63) is 340 Å². The molecule has 0 saturated carbocycles. The number of benzene rings is 13. The van der Waals surface area contributed by atoms with E-state index in [0.717, 1.165) is 96.3 Å². The van der Waals surface area contributed by atoms with E-state index in [2.05, 4.69) is 352 Å². The summed E-state index contributed by atoms with van der Waals surface area (Å²) in [6.45, 7) is -0.253. The molecular weight excluding hydrogens is 1180 g/mol. The zero-order chi connectivity index (χ0) is 60.6. The Hall–Kier alpha value is -11.3. The Morgan fingerprint density at radius 2 is 0.717 bits per heavy atom. The summed E-state index contributed by atoms with van der Waals surface area (Å²) in [5.74, 6) is 0. The van der Waals surface area contributed by atoms with Crippen molar-refractivity contribution in [2.24, 2.45) is 0 Å². The molecule has 1 aromatic heterocycles. The van der Waals surface area contributed by atoms with Crippen LogP contribution in [0.4, 0.5) is 85.3 Å². The summed E-state index contributed by atoms with van der Waals surface area (Å²) in [5.41, 5.74) is 28.7. The Morgan fingerprint density at radius 1 is 0.283 bits per heavy atom. The summed E-state index contributed by atoms with van der Waals surface area (Å²) in [6, 6.07) is 123. The van der Waals surface area contributed by atoms with Crippen molar-refractivity contribution in [3.63, 3.8) is 0 Å². The van der Waals surface area contributed by atoms with Gasteiger partial charge in [-0.25, -0.2) is 0 Å². The van der Waals surface area contributed by atoms with E-state index in [1.54, 1.807) is 0 Å². The molecule has 92 heavy (non-hydrogen) atoms. The molecule has 0 aliphatic carbocycles. The minimum atomic E-state index is -0.192. The van der Waals surface area contributed by atoms with E-state index in [9.17, 15) is 0 Å². The van der Waals surface area contributed by atoms with Crippen LogP contribution in [0.1, 0.15) is 0 Å². The fourth-order valence-electron chi connectivity index (χ4n) is 14.9. The Balaban J connectivity index is 0.971. The van der Waals surface area contributed by atoms with Gasteiger partial charge in [-0.1, -0.05) is 0 Å². The molecule has 430 valence electrons. The third kappa shape index (κ3) is 8.76. The third-order valence-electron chi connectivity index (χ3n) is 18.6. The fourth-order valence-corrected chi connectivity index (χ4v) is 17.4. The van der Waals surface area contributed by atoms with Crippen molar-refractivity contribution < 1.29 is 0 Å². The van der Waals surface area contributed by atoms with Gasteiger partial charge in [0.05, 0.1) is 0 Å². The molecule has 9 heteroatoms. The average molecular weight is 1240 g/mol. The van der Waals surface area contributed by atoms with Crippen LogP contribution < -0.4 is 66.2 Å². The summed E-state index contributed by atoms with van der Waals surface area (Å²) in [6.07, 6.45) is 1.93. The molecule has 0 N–H and O–H groups in total. The summed E-state index contributed by atoms with van der Waals surface area (Å²) in [7, 11) is 0. The van der Waals surface area contributed by atoms with Crippen molar-refractivity contribution >= 4 is 155 Å². The molecule has 0 saturated heterocycles. The molecule has 6 nitrogen and oxygen atoms in total. The van der Waals surface area contributed by atoms with E-state index in [4.69, 9.17) is 4.98 Å². The Bertz CT molecular complexity index is 4970. The standard InChI is InChI=1S/C83H56B2N6Se/c1-8-29-57(30-9-1)66-43-28-44-67(72-47-26-27-50-86-72)83(66)91-75-56-79-71(85-69-46-23-25-49-74(69)90(63-41-20-7-21-42-63)78-53-65(54-80(92-79)82(78)85)88(60-35-14-4-15-36-60)61-37-16-5-17-38-61)55-70(75)84-68-45-22-24-48-73(68)89(62-39-18-6-19-40-62)76-51-64(52-77(91)81(76)84)87(58-31-10-2-11-32-58)59-33-12-3-13-34-59/h1-56H. The van der Waals surface area contributed by atoms with E-state index in [0.29, 0.717) is 0 Å². The van der Waals surface area contributed by atoms with E-state index in [-0.39, 0.29) is 28.4 Å². The normalized spacial score (nSPS) is 12.8. The molecule has 0 fully saturated rings. The van der Waals surface area contributed by atoms with Gasteiger partial charge < -0.3 is 0 Å². The van der Waals surface area contributed by atoms with Gasteiger partial charge in [-0.05, 0) is 0 Å². The van der Waals surface area contributed by atoms with Gasteiger partial charge in [0.2, 0.25) is 0 Å². The molecule has 0 radical (unpaired) electrons. The van der Waals surface area contributed by atoms with Crippen LogP contribution >= 0.6 is 0 Å². The Labute approximate surface area is 543 Å².